The lowest BCUT2D eigenvalue weighted by Gasteiger charge is -2.35. The Hall–Kier alpha value is -0.455. The van der Waals surface area contributed by atoms with Crippen molar-refractivity contribution in [3.63, 3.8) is 0 Å². The van der Waals surface area contributed by atoms with E-state index in [0.29, 0.717) is 10.8 Å². The van der Waals surface area contributed by atoms with E-state index in [-0.39, 0.29) is 0 Å². The lowest BCUT2D eigenvalue weighted by atomic mass is 9.39. The highest BCUT2D eigenvalue weighted by atomic mass is 14.4. The lowest BCUT2D eigenvalue weighted by molar-refractivity contribution is 0.177. The first-order chi connectivity index (χ1) is 9.18. The molecular formula is C19H33B. The van der Waals surface area contributed by atoms with Gasteiger partial charge in [0.1, 0.15) is 0 Å². The molecule has 1 aliphatic heterocycles. The maximum Gasteiger partial charge on any atom is 0.171 e. The Labute approximate surface area is 127 Å². The van der Waals surface area contributed by atoms with Gasteiger partial charge in [-0.1, -0.05) is 78.8 Å². The smallest absolute Gasteiger partial charge is 0.100 e. The van der Waals surface area contributed by atoms with Crippen LogP contribution in [0.2, 0.25) is 12.6 Å². The van der Waals surface area contributed by atoms with Gasteiger partial charge in [-0.3, -0.25) is 0 Å². The molecule has 1 unspecified atom stereocenters. The molecule has 112 valence electrons. The summed E-state index contributed by atoms with van der Waals surface area (Å²) in [6, 6.07) is 0. The Balaban J connectivity index is 2.20. The second-order valence-electron chi connectivity index (χ2n) is 8.76. The molecule has 0 bridgehead atoms. The van der Waals surface area contributed by atoms with Gasteiger partial charge in [0.05, 0.1) is 0 Å². The molecule has 0 nitrogen and oxygen atoms in total. The van der Waals surface area contributed by atoms with Crippen LogP contribution in [-0.4, -0.2) is 6.71 Å². The minimum absolute atomic E-state index is 0.473. The van der Waals surface area contributed by atoms with E-state index in [9.17, 15) is 0 Å². The van der Waals surface area contributed by atoms with Gasteiger partial charge in [-0.2, -0.15) is 0 Å². The highest BCUT2D eigenvalue weighted by molar-refractivity contribution is 6.68. The minimum atomic E-state index is 0.473. The van der Waals surface area contributed by atoms with Gasteiger partial charge < -0.3 is 0 Å². The van der Waals surface area contributed by atoms with E-state index in [1.54, 1.807) is 11.0 Å². The molecule has 0 amide bonds. The van der Waals surface area contributed by atoms with Crippen LogP contribution in [0.1, 0.15) is 61.3 Å². The van der Waals surface area contributed by atoms with Crippen LogP contribution in [0, 0.1) is 22.7 Å². The monoisotopic (exact) mass is 272 g/mol. The van der Waals surface area contributed by atoms with Gasteiger partial charge in [-0.05, 0) is 35.5 Å². The van der Waals surface area contributed by atoms with Crippen LogP contribution in [0.3, 0.4) is 0 Å². The maximum absolute atomic E-state index is 2.47. The van der Waals surface area contributed by atoms with E-state index in [4.69, 9.17) is 0 Å². The maximum atomic E-state index is 2.47. The molecule has 0 aromatic rings. The zero-order valence-corrected chi connectivity index (χ0v) is 14.7. The van der Waals surface area contributed by atoms with Crippen LogP contribution >= 0.6 is 0 Å². The summed E-state index contributed by atoms with van der Waals surface area (Å²) in [7, 11) is 0. The Morgan fingerprint density at radius 1 is 1.10 bits per heavy atom. The first kappa shape index (κ1) is 15.9. The van der Waals surface area contributed by atoms with E-state index in [1.165, 1.54) is 25.5 Å². The van der Waals surface area contributed by atoms with Crippen molar-refractivity contribution in [2.24, 2.45) is 22.7 Å². The van der Waals surface area contributed by atoms with E-state index >= 15 is 0 Å². The number of hydrogen-bond donors (Lipinski definition) is 0. The second kappa shape index (κ2) is 5.39. The van der Waals surface area contributed by atoms with Crippen molar-refractivity contribution in [3.05, 3.63) is 23.2 Å². The molecule has 1 heteroatoms. The van der Waals surface area contributed by atoms with Crippen molar-refractivity contribution < 1.29 is 0 Å². The first-order valence-electron chi connectivity index (χ1n) is 8.57. The average molecular weight is 272 g/mol. The van der Waals surface area contributed by atoms with Crippen LogP contribution in [-0.2, 0) is 0 Å². The van der Waals surface area contributed by atoms with Gasteiger partial charge >= 0.3 is 0 Å². The van der Waals surface area contributed by atoms with Crippen molar-refractivity contribution in [1.29, 1.82) is 0 Å². The number of rotatable bonds is 3. The van der Waals surface area contributed by atoms with Gasteiger partial charge in [0.25, 0.3) is 0 Å². The third-order valence-electron chi connectivity index (χ3n) is 6.53. The molecule has 0 spiro atoms. The van der Waals surface area contributed by atoms with Crippen LogP contribution in [0.5, 0.6) is 0 Å². The highest BCUT2D eigenvalue weighted by Gasteiger charge is 2.48. The zero-order valence-electron chi connectivity index (χ0n) is 14.7. The van der Waals surface area contributed by atoms with E-state index in [0.717, 1.165) is 18.5 Å². The summed E-state index contributed by atoms with van der Waals surface area (Å²) < 4.78 is 0. The minimum Gasteiger partial charge on any atom is -0.100 e. The molecule has 0 N–H and O–H groups in total. The summed E-state index contributed by atoms with van der Waals surface area (Å²) in [5.74, 6) is 1.55. The molecular weight excluding hydrogens is 239 g/mol. The van der Waals surface area contributed by atoms with Crippen molar-refractivity contribution in [2.45, 2.75) is 73.9 Å². The lowest BCUT2D eigenvalue weighted by Crippen LogP contribution is -2.24. The molecule has 0 aromatic heterocycles. The summed E-state index contributed by atoms with van der Waals surface area (Å²) >= 11 is 0. The molecule has 1 aliphatic carbocycles. The fraction of sp³-hybridized carbons (Fsp3) is 0.789. The van der Waals surface area contributed by atoms with Crippen molar-refractivity contribution >= 4 is 6.71 Å². The van der Waals surface area contributed by atoms with Gasteiger partial charge in [0.15, 0.2) is 6.71 Å². The van der Waals surface area contributed by atoms with Crippen molar-refractivity contribution in [3.8, 4) is 0 Å². The number of allylic oxidation sites excluding steroid dienone is 4. The summed E-state index contributed by atoms with van der Waals surface area (Å²) in [6.45, 7) is 17.7. The Kier molecular flexibility index (Phi) is 4.29. The van der Waals surface area contributed by atoms with Gasteiger partial charge in [0, 0.05) is 0 Å². The molecule has 20 heavy (non-hydrogen) atoms. The Bertz CT molecular complexity index is 407. The van der Waals surface area contributed by atoms with Gasteiger partial charge in [0.2, 0.25) is 0 Å². The van der Waals surface area contributed by atoms with Crippen LogP contribution < -0.4 is 0 Å². The fourth-order valence-corrected chi connectivity index (χ4v) is 4.26. The SMILES string of the molecule is CCC1=CC=C(B2CC(C)(C)C(C)(C)C2)CC1C(C)C. The molecule has 1 saturated heterocycles. The van der Waals surface area contributed by atoms with Crippen LogP contribution in [0.4, 0.5) is 0 Å². The summed E-state index contributed by atoms with van der Waals surface area (Å²) in [5, 5.41) is 0. The second-order valence-corrected chi connectivity index (χ2v) is 8.76. The highest BCUT2D eigenvalue weighted by Crippen LogP contribution is 2.55. The normalized spacial score (nSPS) is 28.6. The van der Waals surface area contributed by atoms with E-state index in [1.807, 2.05) is 0 Å². The van der Waals surface area contributed by atoms with E-state index < -0.39 is 0 Å². The van der Waals surface area contributed by atoms with E-state index in [2.05, 4.69) is 60.6 Å². The summed E-state index contributed by atoms with van der Waals surface area (Å²) in [4.78, 5) is 0. The van der Waals surface area contributed by atoms with Crippen LogP contribution in [0.25, 0.3) is 0 Å². The average Bonchev–Trinajstić information content (AvgIpc) is 2.57. The molecule has 0 aromatic carbocycles. The summed E-state index contributed by atoms with van der Waals surface area (Å²) in [5.41, 5.74) is 4.35. The summed E-state index contributed by atoms with van der Waals surface area (Å²) in [6.07, 6.45) is 10.2. The number of hydrogen-bond acceptors (Lipinski definition) is 0. The molecule has 2 aliphatic rings. The van der Waals surface area contributed by atoms with Gasteiger partial charge in [-0.25, -0.2) is 0 Å². The largest absolute Gasteiger partial charge is 0.171 e. The molecule has 1 heterocycles. The molecule has 0 radical (unpaired) electrons. The molecule has 1 atom stereocenters. The Morgan fingerprint density at radius 2 is 1.65 bits per heavy atom. The first-order valence-corrected chi connectivity index (χ1v) is 8.57. The van der Waals surface area contributed by atoms with Crippen molar-refractivity contribution in [1.82, 2.24) is 0 Å². The quantitative estimate of drug-likeness (QED) is 0.550. The fourth-order valence-electron chi connectivity index (χ4n) is 4.26. The zero-order chi connectivity index (χ0) is 15.1. The molecule has 1 fully saturated rings. The topological polar surface area (TPSA) is 0 Å². The predicted molar refractivity (Wildman–Crippen MR) is 92.3 cm³/mol. The predicted octanol–water partition coefficient (Wildman–Crippen LogP) is 6.03. The Morgan fingerprint density at radius 3 is 2.10 bits per heavy atom. The third-order valence-corrected chi connectivity index (χ3v) is 6.53. The molecule has 2 rings (SSSR count). The van der Waals surface area contributed by atoms with Crippen LogP contribution in [0.15, 0.2) is 23.2 Å². The standard InChI is InChI=1S/C19H33B/c1-8-15-9-10-16(11-17(15)14(2)3)20-12-18(4,5)19(6,7)13-20/h9-10,14,17H,8,11-13H2,1-7H3. The third kappa shape index (κ3) is 2.78. The van der Waals surface area contributed by atoms with Gasteiger partial charge in [-0.15, -0.1) is 5.47 Å². The molecule has 0 saturated carbocycles. The van der Waals surface area contributed by atoms with Crippen molar-refractivity contribution in [2.75, 3.05) is 0 Å².